The average molecular weight is 302 g/mol. The highest BCUT2D eigenvalue weighted by Gasteiger charge is 2.23. The van der Waals surface area contributed by atoms with Gasteiger partial charge in [-0.05, 0) is 29.5 Å². The molecule has 2 heterocycles. The summed E-state index contributed by atoms with van der Waals surface area (Å²) >= 11 is 0. The van der Waals surface area contributed by atoms with E-state index in [1.165, 1.54) is 0 Å². The third-order valence-corrected chi connectivity index (χ3v) is 3.65. The van der Waals surface area contributed by atoms with Crippen molar-refractivity contribution in [3.8, 4) is 11.5 Å². The number of benzene rings is 1. The predicted molar refractivity (Wildman–Crippen MR) is 82.6 cm³/mol. The monoisotopic (exact) mass is 302 g/mol. The third-order valence-electron chi connectivity index (χ3n) is 3.65. The Labute approximate surface area is 128 Å². The molecule has 0 saturated carbocycles. The number of ether oxygens (including phenoxy) is 2. The minimum Gasteiger partial charge on any atom is -0.486 e. The number of anilines is 1. The average Bonchev–Trinajstić information content (AvgIpc) is 2.50. The first-order valence-electron chi connectivity index (χ1n) is 7.24. The Kier molecular flexibility index (Phi) is 3.75. The molecule has 0 amide bonds. The van der Waals surface area contributed by atoms with E-state index in [-0.39, 0.29) is 5.92 Å². The topological polar surface area (TPSA) is 80.7 Å². The van der Waals surface area contributed by atoms with Gasteiger partial charge in [0, 0.05) is 11.6 Å². The normalized spacial score (nSPS) is 14.9. The van der Waals surface area contributed by atoms with Gasteiger partial charge in [-0.15, -0.1) is 0 Å². The van der Waals surface area contributed by atoms with Crippen LogP contribution in [0.1, 0.15) is 13.8 Å². The maximum Gasteiger partial charge on any atom is 0.326 e. The number of aliphatic carboxylic acids is 1. The van der Waals surface area contributed by atoms with Gasteiger partial charge in [-0.25, -0.2) is 9.78 Å². The molecule has 1 atom stereocenters. The fraction of sp³-hybridized carbons (Fsp3) is 0.375. The fourth-order valence-corrected chi connectivity index (χ4v) is 2.48. The van der Waals surface area contributed by atoms with Crippen LogP contribution < -0.4 is 14.8 Å². The van der Waals surface area contributed by atoms with Crippen molar-refractivity contribution in [3.63, 3.8) is 0 Å². The van der Waals surface area contributed by atoms with Crippen molar-refractivity contribution < 1.29 is 19.4 Å². The molecule has 116 valence electrons. The molecule has 2 N–H and O–H groups in total. The summed E-state index contributed by atoms with van der Waals surface area (Å²) in [5, 5.41) is 14.1. The lowest BCUT2D eigenvalue weighted by Crippen LogP contribution is -2.34. The van der Waals surface area contributed by atoms with Crippen LogP contribution in [0.15, 0.2) is 24.4 Å². The molecule has 1 aliphatic heterocycles. The zero-order valence-electron chi connectivity index (χ0n) is 12.5. The number of carboxylic acid groups (broad SMARTS) is 1. The van der Waals surface area contributed by atoms with E-state index in [0.717, 1.165) is 10.8 Å². The van der Waals surface area contributed by atoms with Gasteiger partial charge >= 0.3 is 5.97 Å². The van der Waals surface area contributed by atoms with E-state index in [0.29, 0.717) is 30.5 Å². The summed E-state index contributed by atoms with van der Waals surface area (Å²) in [6, 6.07) is 4.90. The summed E-state index contributed by atoms with van der Waals surface area (Å²) in [5.41, 5.74) is 0. The summed E-state index contributed by atoms with van der Waals surface area (Å²) in [5.74, 6) is 0.939. The van der Waals surface area contributed by atoms with E-state index in [9.17, 15) is 9.90 Å². The Balaban J connectivity index is 2.04. The molecule has 0 spiro atoms. The second kappa shape index (κ2) is 5.71. The van der Waals surface area contributed by atoms with Crippen molar-refractivity contribution >= 4 is 22.6 Å². The SMILES string of the molecule is CC(C)C(Nc1nccc2cc3c(cc12)OCCO3)C(=O)O. The Morgan fingerprint density at radius 3 is 2.59 bits per heavy atom. The molecule has 6 nitrogen and oxygen atoms in total. The molecule has 22 heavy (non-hydrogen) atoms. The van der Waals surface area contributed by atoms with Crippen molar-refractivity contribution in [2.75, 3.05) is 18.5 Å². The van der Waals surface area contributed by atoms with Crippen molar-refractivity contribution in [1.29, 1.82) is 0 Å². The summed E-state index contributed by atoms with van der Waals surface area (Å²) in [6.07, 6.45) is 1.65. The van der Waals surface area contributed by atoms with E-state index in [1.807, 2.05) is 32.0 Å². The number of pyridine rings is 1. The molecule has 0 aliphatic carbocycles. The van der Waals surface area contributed by atoms with Crippen molar-refractivity contribution in [1.82, 2.24) is 4.98 Å². The van der Waals surface area contributed by atoms with Crippen molar-refractivity contribution in [3.05, 3.63) is 24.4 Å². The van der Waals surface area contributed by atoms with Gasteiger partial charge in [0.25, 0.3) is 0 Å². The van der Waals surface area contributed by atoms with E-state index in [2.05, 4.69) is 10.3 Å². The van der Waals surface area contributed by atoms with Gasteiger partial charge in [0.2, 0.25) is 0 Å². The highest BCUT2D eigenvalue weighted by atomic mass is 16.6. The maximum atomic E-state index is 11.4. The Morgan fingerprint density at radius 1 is 1.27 bits per heavy atom. The molecule has 0 bridgehead atoms. The van der Waals surface area contributed by atoms with Crippen LogP contribution >= 0.6 is 0 Å². The number of carboxylic acids is 1. The Hall–Kier alpha value is -2.50. The van der Waals surface area contributed by atoms with E-state index < -0.39 is 12.0 Å². The van der Waals surface area contributed by atoms with Crippen LogP contribution in [0.5, 0.6) is 11.5 Å². The van der Waals surface area contributed by atoms with Gasteiger partial charge in [0.1, 0.15) is 25.1 Å². The molecule has 1 aromatic carbocycles. The molecule has 2 aromatic rings. The number of nitrogens with one attached hydrogen (secondary N) is 1. The second-order valence-electron chi connectivity index (χ2n) is 5.58. The van der Waals surface area contributed by atoms with Crippen LogP contribution in [-0.2, 0) is 4.79 Å². The van der Waals surface area contributed by atoms with Gasteiger partial charge in [0.15, 0.2) is 11.5 Å². The number of aromatic nitrogens is 1. The van der Waals surface area contributed by atoms with Gasteiger partial charge in [-0.3, -0.25) is 0 Å². The zero-order valence-corrected chi connectivity index (χ0v) is 12.5. The molecule has 1 unspecified atom stereocenters. The molecule has 1 aliphatic rings. The van der Waals surface area contributed by atoms with Gasteiger partial charge in [-0.1, -0.05) is 13.8 Å². The summed E-state index contributed by atoms with van der Waals surface area (Å²) < 4.78 is 11.2. The number of hydrogen-bond acceptors (Lipinski definition) is 5. The fourth-order valence-electron chi connectivity index (χ4n) is 2.48. The molecule has 0 radical (unpaired) electrons. The first-order valence-corrected chi connectivity index (χ1v) is 7.24. The minimum absolute atomic E-state index is 0.0632. The van der Waals surface area contributed by atoms with Crippen molar-refractivity contribution in [2.24, 2.45) is 5.92 Å². The van der Waals surface area contributed by atoms with Crippen LogP contribution in [0.2, 0.25) is 0 Å². The number of fused-ring (bicyclic) bond motifs is 2. The molecule has 1 aromatic heterocycles. The molecular formula is C16H18N2O4. The molecule has 6 heteroatoms. The Morgan fingerprint density at radius 2 is 1.95 bits per heavy atom. The zero-order chi connectivity index (χ0) is 15.7. The lowest BCUT2D eigenvalue weighted by atomic mass is 10.0. The van der Waals surface area contributed by atoms with E-state index in [4.69, 9.17) is 9.47 Å². The molecular weight excluding hydrogens is 284 g/mol. The van der Waals surface area contributed by atoms with E-state index in [1.54, 1.807) is 6.20 Å². The summed E-state index contributed by atoms with van der Waals surface area (Å²) in [7, 11) is 0. The number of carbonyl (C=O) groups is 1. The lowest BCUT2D eigenvalue weighted by Gasteiger charge is -2.21. The van der Waals surface area contributed by atoms with Crippen LogP contribution in [0, 0.1) is 5.92 Å². The number of hydrogen-bond donors (Lipinski definition) is 2. The maximum absolute atomic E-state index is 11.4. The first kappa shape index (κ1) is 14.4. The van der Waals surface area contributed by atoms with Gasteiger partial charge in [0.05, 0.1) is 0 Å². The smallest absolute Gasteiger partial charge is 0.326 e. The van der Waals surface area contributed by atoms with Gasteiger partial charge < -0.3 is 19.9 Å². The molecule has 3 rings (SSSR count). The first-order chi connectivity index (χ1) is 10.6. The quantitative estimate of drug-likeness (QED) is 0.903. The highest BCUT2D eigenvalue weighted by Crippen LogP contribution is 2.36. The van der Waals surface area contributed by atoms with Crippen LogP contribution in [0.3, 0.4) is 0 Å². The largest absolute Gasteiger partial charge is 0.486 e. The number of rotatable bonds is 4. The van der Waals surface area contributed by atoms with Crippen LogP contribution in [0.25, 0.3) is 10.8 Å². The van der Waals surface area contributed by atoms with Crippen LogP contribution in [0.4, 0.5) is 5.82 Å². The standard InChI is InChI=1S/C16H18N2O4/c1-9(2)14(16(19)20)18-15-11-8-13-12(21-5-6-22-13)7-10(11)3-4-17-15/h3-4,7-9,14H,5-6H2,1-2H3,(H,17,18)(H,19,20). The molecule has 0 saturated heterocycles. The second-order valence-corrected chi connectivity index (χ2v) is 5.58. The summed E-state index contributed by atoms with van der Waals surface area (Å²) in [4.78, 5) is 15.7. The van der Waals surface area contributed by atoms with Crippen molar-refractivity contribution in [2.45, 2.75) is 19.9 Å². The van der Waals surface area contributed by atoms with E-state index >= 15 is 0 Å². The van der Waals surface area contributed by atoms with Gasteiger partial charge in [-0.2, -0.15) is 0 Å². The third kappa shape index (κ3) is 2.64. The number of nitrogens with zero attached hydrogens (tertiary/aromatic N) is 1. The summed E-state index contributed by atoms with van der Waals surface area (Å²) in [6.45, 7) is 4.75. The highest BCUT2D eigenvalue weighted by molar-refractivity contribution is 5.95. The minimum atomic E-state index is -0.897. The predicted octanol–water partition coefficient (Wildman–Crippen LogP) is 2.53. The molecule has 0 fully saturated rings. The lowest BCUT2D eigenvalue weighted by molar-refractivity contribution is -0.138. The van der Waals surface area contributed by atoms with Crippen LogP contribution in [-0.4, -0.2) is 35.3 Å². The Bertz CT molecular complexity index is 715.